The van der Waals surface area contributed by atoms with Gasteiger partial charge in [-0.05, 0) is 88.2 Å². The average molecular weight is 439 g/mol. The molecule has 0 aliphatic heterocycles. The summed E-state index contributed by atoms with van der Waals surface area (Å²) >= 11 is 5.53. The molecule has 2 aliphatic rings. The number of nitrogens with zero attached hydrogens (tertiary/aromatic N) is 3. The van der Waals surface area contributed by atoms with E-state index >= 15 is 0 Å². The number of benzene rings is 1. The molecule has 6 nitrogen and oxygen atoms in total. The van der Waals surface area contributed by atoms with E-state index in [2.05, 4.69) is 54.0 Å². The van der Waals surface area contributed by atoms with Crippen LogP contribution in [-0.2, 0) is 12.8 Å². The predicted molar refractivity (Wildman–Crippen MR) is 133 cm³/mol. The SMILES string of the molecule is Cc1cccc(NC(=S)N[C@H]2CC[C@@H](Nc3nc4c(c(N(C)C)n3)CCCC4)CC2)c1. The molecule has 1 fully saturated rings. The maximum atomic E-state index is 5.53. The first kappa shape index (κ1) is 21.8. The minimum atomic E-state index is 0.407. The van der Waals surface area contributed by atoms with Gasteiger partial charge >= 0.3 is 0 Å². The summed E-state index contributed by atoms with van der Waals surface area (Å²) in [5.41, 5.74) is 4.83. The fraction of sp³-hybridized carbons (Fsp3) is 0.542. The van der Waals surface area contributed by atoms with E-state index in [-0.39, 0.29) is 0 Å². The van der Waals surface area contributed by atoms with Gasteiger partial charge in [-0.15, -0.1) is 0 Å². The van der Waals surface area contributed by atoms with Crippen LogP contribution in [-0.4, -0.2) is 41.3 Å². The van der Waals surface area contributed by atoms with Crippen molar-refractivity contribution in [3.05, 3.63) is 41.1 Å². The Morgan fingerprint density at radius 1 is 1.03 bits per heavy atom. The highest BCUT2D eigenvalue weighted by Crippen LogP contribution is 2.29. The third-order valence-electron chi connectivity index (χ3n) is 6.26. The molecule has 1 saturated carbocycles. The molecular weight excluding hydrogens is 404 g/mol. The average Bonchev–Trinajstić information content (AvgIpc) is 2.74. The monoisotopic (exact) mass is 438 g/mol. The van der Waals surface area contributed by atoms with Crippen LogP contribution in [0.4, 0.5) is 17.5 Å². The summed E-state index contributed by atoms with van der Waals surface area (Å²) in [6.45, 7) is 2.09. The van der Waals surface area contributed by atoms with Gasteiger partial charge in [-0.25, -0.2) is 4.98 Å². The molecule has 1 heterocycles. The molecule has 0 atom stereocenters. The Kier molecular flexibility index (Phi) is 6.90. The molecule has 1 aromatic carbocycles. The summed E-state index contributed by atoms with van der Waals surface area (Å²) < 4.78 is 0. The summed E-state index contributed by atoms with van der Waals surface area (Å²) in [5, 5.41) is 11.1. The first-order valence-corrected chi connectivity index (χ1v) is 11.9. The summed E-state index contributed by atoms with van der Waals surface area (Å²) in [7, 11) is 4.15. The lowest BCUT2D eigenvalue weighted by atomic mass is 9.91. The van der Waals surface area contributed by atoms with Gasteiger partial charge in [-0.1, -0.05) is 12.1 Å². The Hall–Kier alpha value is -2.41. The van der Waals surface area contributed by atoms with Crippen molar-refractivity contribution < 1.29 is 0 Å². The van der Waals surface area contributed by atoms with E-state index in [1.807, 2.05) is 12.1 Å². The summed E-state index contributed by atoms with van der Waals surface area (Å²) in [6, 6.07) is 9.10. The van der Waals surface area contributed by atoms with Gasteiger partial charge in [-0.3, -0.25) is 0 Å². The van der Waals surface area contributed by atoms with Gasteiger partial charge < -0.3 is 20.9 Å². The Labute approximate surface area is 191 Å². The molecule has 0 bridgehead atoms. The van der Waals surface area contributed by atoms with Crippen molar-refractivity contribution in [1.29, 1.82) is 0 Å². The molecule has 2 aromatic rings. The molecule has 0 radical (unpaired) electrons. The predicted octanol–water partition coefficient (Wildman–Crippen LogP) is 4.44. The van der Waals surface area contributed by atoms with E-state index in [9.17, 15) is 0 Å². The fourth-order valence-electron chi connectivity index (χ4n) is 4.65. The molecule has 31 heavy (non-hydrogen) atoms. The number of hydrogen-bond donors (Lipinski definition) is 3. The number of nitrogens with one attached hydrogen (secondary N) is 3. The number of aromatic nitrogens is 2. The van der Waals surface area contributed by atoms with Crippen LogP contribution < -0.4 is 20.9 Å². The van der Waals surface area contributed by atoms with Crippen molar-refractivity contribution in [2.24, 2.45) is 0 Å². The number of hydrogen-bond acceptors (Lipinski definition) is 5. The van der Waals surface area contributed by atoms with Gasteiger partial charge in [0.1, 0.15) is 5.82 Å². The zero-order valence-corrected chi connectivity index (χ0v) is 19.7. The number of rotatable bonds is 5. The summed E-state index contributed by atoms with van der Waals surface area (Å²) in [5.74, 6) is 1.87. The second-order valence-electron chi connectivity index (χ2n) is 9.06. The topological polar surface area (TPSA) is 65.1 Å². The molecule has 0 spiro atoms. The number of aryl methyl sites for hydroxylation is 2. The van der Waals surface area contributed by atoms with Crippen LogP contribution in [0.3, 0.4) is 0 Å². The second-order valence-corrected chi connectivity index (χ2v) is 9.47. The lowest BCUT2D eigenvalue weighted by Gasteiger charge is -2.31. The highest BCUT2D eigenvalue weighted by atomic mass is 32.1. The lowest BCUT2D eigenvalue weighted by Crippen LogP contribution is -2.42. The zero-order valence-electron chi connectivity index (χ0n) is 18.9. The first-order chi connectivity index (χ1) is 15.0. The Morgan fingerprint density at radius 3 is 2.52 bits per heavy atom. The molecule has 4 rings (SSSR count). The van der Waals surface area contributed by atoms with Crippen molar-refractivity contribution in [1.82, 2.24) is 15.3 Å². The van der Waals surface area contributed by atoms with E-state index in [0.717, 1.165) is 56.0 Å². The number of thiocarbonyl (C=S) groups is 1. The summed E-state index contributed by atoms with van der Waals surface area (Å²) in [6.07, 6.45) is 8.96. The Morgan fingerprint density at radius 2 is 1.77 bits per heavy atom. The highest BCUT2D eigenvalue weighted by Gasteiger charge is 2.24. The minimum Gasteiger partial charge on any atom is -0.362 e. The highest BCUT2D eigenvalue weighted by molar-refractivity contribution is 7.80. The van der Waals surface area contributed by atoms with Gasteiger partial charge in [-0.2, -0.15) is 4.98 Å². The van der Waals surface area contributed by atoms with Crippen molar-refractivity contribution in [3.63, 3.8) is 0 Å². The van der Waals surface area contributed by atoms with E-state index in [1.54, 1.807) is 0 Å². The van der Waals surface area contributed by atoms with Gasteiger partial charge in [0.2, 0.25) is 5.95 Å². The Balaban J connectivity index is 1.30. The smallest absolute Gasteiger partial charge is 0.225 e. The quantitative estimate of drug-likeness (QED) is 0.597. The maximum Gasteiger partial charge on any atom is 0.225 e. The summed E-state index contributed by atoms with van der Waals surface area (Å²) in [4.78, 5) is 11.9. The lowest BCUT2D eigenvalue weighted by molar-refractivity contribution is 0.387. The van der Waals surface area contributed by atoms with Crippen molar-refractivity contribution in [2.75, 3.05) is 29.6 Å². The molecule has 0 unspecified atom stereocenters. The van der Waals surface area contributed by atoms with Gasteiger partial charge in [0.05, 0.1) is 5.69 Å². The van der Waals surface area contributed by atoms with Crippen LogP contribution in [0.1, 0.15) is 55.3 Å². The standard InChI is InChI=1S/C24H34N6S/c1-16-7-6-8-19(15-16)27-24(31)26-18-13-11-17(12-14-18)25-23-28-21-10-5-4-9-20(21)22(29-23)30(2)3/h6-8,15,17-18H,4-5,9-14H2,1-3H3,(H,25,28,29)(H2,26,27,31)/t17-,18+. The second kappa shape index (κ2) is 9.81. The van der Waals surface area contributed by atoms with Gasteiger partial charge in [0, 0.05) is 37.4 Å². The van der Waals surface area contributed by atoms with Crippen LogP contribution in [0.5, 0.6) is 0 Å². The van der Waals surface area contributed by atoms with Crippen molar-refractivity contribution in [2.45, 2.75) is 70.4 Å². The minimum absolute atomic E-state index is 0.407. The molecule has 166 valence electrons. The van der Waals surface area contributed by atoms with Crippen LogP contribution in [0, 0.1) is 6.92 Å². The van der Waals surface area contributed by atoms with Crippen LogP contribution >= 0.6 is 12.2 Å². The normalized spacial score (nSPS) is 20.5. The van der Waals surface area contributed by atoms with E-state index < -0.39 is 0 Å². The van der Waals surface area contributed by atoms with Crippen LogP contribution in [0.2, 0.25) is 0 Å². The molecular formula is C24H34N6S. The fourth-order valence-corrected chi connectivity index (χ4v) is 4.93. The molecule has 2 aliphatic carbocycles. The van der Waals surface area contributed by atoms with Crippen molar-refractivity contribution >= 4 is 34.8 Å². The van der Waals surface area contributed by atoms with Gasteiger partial charge in [0.25, 0.3) is 0 Å². The van der Waals surface area contributed by atoms with Crippen LogP contribution in [0.15, 0.2) is 24.3 Å². The van der Waals surface area contributed by atoms with Crippen molar-refractivity contribution in [3.8, 4) is 0 Å². The van der Waals surface area contributed by atoms with E-state index in [1.165, 1.54) is 29.7 Å². The van der Waals surface area contributed by atoms with E-state index in [0.29, 0.717) is 17.2 Å². The molecule has 0 saturated heterocycles. The molecule has 7 heteroatoms. The zero-order chi connectivity index (χ0) is 21.8. The molecule has 3 N–H and O–H groups in total. The third kappa shape index (κ3) is 5.64. The molecule has 1 aromatic heterocycles. The largest absolute Gasteiger partial charge is 0.362 e. The Bertz CT molecular complexity index is 920. The van der Waals surface area contributed by atoms with E-state index in [4.69, 9.17) is 22.2 Å². The molecule has 0 amide bonds. The van der Waals surface area contributed by atoms with Crippen LogP contribution in [0.25, 0.3) is 0 Å². The third-order valence-corrected chi connectivity index (χ3v) is 6.48. The number of anilines is 3. The first-order valence-electron chi connectivity index (χ1n) is 11.5. The van der Waals surface area contributed by atoms with Gasteiger partial charge in [0.15, 0.2) is 5.11 Å². The maximum absolute atomic E-state index is 5.53. The number of fused-ring (bicyclic) bond motifs is 1.